The summed E-state index contributed by atoms with van der Waals surface area (Å²) in [5.41, 5.74) is 3.43. The minimum absolute atomic E-state index is 0.0263. The lowest BCUT2D eigenvalue weighted by Crippen LogP contribution is -2.32. The van der Waals surface area contributed by atoms with Crippen molar-refractivity contribution in [3.63, 3.8) is 0 Å². The highest BCUT2D eigenvalue weighted by atomic mass is 32.2. The summed E-state index contributed by atoms with van der Waals surface area (Å²) in [6.45, 7) is 9.22. The van der Waals surface area contributed by atoms with E-state index in [4.69, 9.17) is 0 Å². The van der Waals surface area contributed by atoms with E-state index in [9.17, 15) is 4.79 Å². The van der Waals surface area contributed by atoms with Crippen LogP contribution in [-0.4, -0.2) is 46.1 Å². The molecule has 7 heteroatoms. The Morgan fingerprint density at radius 3 is 2.84 bits per heavy atom. The molecule has 0 saturated carbocycles. The van der Waals surface area contributed by atoms with Crippen LogP contribution in [0.3, 0.4) is 0 Å². The molecule has 166 valence electrons. The lowest BCUT2D eigenvalue weighted by atomic mass is 10.1. The molecule has 1 unspecified atom stereocenters. The first kappa shape index (κ1) is 22.1. The molecule has 0 aliphatic carbocycles. The molecule has 0 radical (unpaired) electrons. The van der Waals surface area contributed by atoms with Gasteiger partial charge in [0.25, 0.3) is 0 Å². The van der Waals surface area contributed by atoms with Gasteiger partial charge in [0.2, 0.25) is 5.91 Å². The summed E-state index contributed by atoms with van der Waals surface area (Å²) in [6, 6.07) is 18.6. The molecular weight excluding hydrogens is 418 g/mol. The number of aryl methyl sites for hydroxylation is 1. The zero-order valence-electron chi connectivity index (χ0n) is 18.4. The number of amides is 1. The van der Waals surface area contributed by atoms with Gasteiger partial charge < -0.3 is 10.2 Å². The molecule has 1 aromatic heterocycles. The summed E-state index contributed by atoms with van der Waals surface area (Å²) in [5, 5.41) is 12.5. The molecule has 1 saturated heterocycles. The van der Waals surface area contributed by atoms with Crippen molar-refractivity contribution in [2.45, 2.75) is 25.0 Å². The van der Waals surface area contributed by atoms with Gasteiger partial charge in [0.05, 0.1) is 5.75 Å². The van der Waals surface area contributed by atoms with Crippen LogP contribution in [0, 0.1) is 12.8 Å². The largest absolute Gasteiger partial charge is 0.371 e. The Balaban J connectivity index is 1.30. The van der Waals surface area contributed by atoms with Crippen LogP contribution < -0.4 is 10.2 Å². The summed E-state index contributed by atoms with van der Waals surface area (Å²) in [7, 11) is 0. The normalized spacial score (nSPS) is 15.7. The molecule has 1 atom stereocenters. The Hall–Kier alpha value is -3.06. The zero-order valence-corrected chi connectivity index (χ0v) is 19.2. The average molecular weight is 448 g/mol. The van der Waals surface area contributed by atoms with Gasteiger partial charge in [-0.1, -0.05) is 59.8 Å². The summed E-state index contributed by atoms with van der Waals surface area (Å²) >= 11 is 1.41. The number of carbonyl (C=O) groups is 1. The van der Waals surface area contributed by atoms with E-state index < -0.39 is 0 Å². The number of rotatable bonds is 9. The van der Waals surface area contributed by atoms with Gasteiger partial charge in [0.15, 0.2) is 11.0 Å². The van der Waals surface area contributed by atoms with E-state index in [1.807, 2.05) is 28.8 Å². The van der Waals surface area contributed by atoms with Gasteiger partial charge >= 0.3 is 0 Å². The number of aromatic nitrogens is 3. The Labute approximate surface area is 193 Å². The van der Waals surface area contributed by atoms with Crippen LogP contribution in [0.2, 0.25) is 0 Å². The number of nitrogens with zero attached hydrogens (tertiary/aromatic N) is 4. The van der Waals surface area contributed by atoms with Crippen LogP contribution in [0.15, 0.2) is 72.4 Å². The van der Waals surface area contributed by atoms with Crippen molar-refractivity contribution >= 4 is 23.4 Å². The standard InChI is InChI=1S/C25H29N5OS/c1-3-13-30-24(21-9-7-8-19(2)15-21)27-28-25(30)32-18-23(31)26-16-20-12-14-29(17-20)22-10-5-4-6-11-22/h3-11,15,20H,1,12-14,16-18H2,2H3,(H,26,31). The summed E-state index contributed by atoms with van der Waals surface area (Å²) in [4.78, 5) is 14.9. The second kappa shape index (κ2) is 10.5. The minimum atomic E-state index is 0.0263. The topological polar surface area (TPSA) is 63.1 Å². The van der Waals surface area contributed by atoms with Crippen molar-refractivity contribution < 1.29 is 4.79 Å². The molecule has 2 heterocycles. The van der Waals surface area contributed by atoms with Gasteiger partial charge in [-0.3, -0.25) is 9.36 Å². The van der Waals surface area contributed by atoms with Crippen LogP contribution in [0.1, 0.15) is 12.0 Å². The number of thioether (sulfide) groups is 1. The first-order valence-electron chi connectivity index (χ1n) is 10.9. The highest BCUT2D eigenvalue weighted by molar-refractivity contribution is 7.99. The molecule has 32 heavy (non-hydrogen) atoms. The van der Waals surface area contributed by atoms with Gasteiger partial charge in [-0.15, -0.1) is 16.8 Å². The Bertz CT molecular complexity index is 1070. The molecule has 6 nitrogen and oxygen atoms in total. The molecule has 4 rings (SSSR count). The number of para-hydroxylation sites is 1. The molecule has 1 N–H and O–H groups in total. The maximum absolute atomic E-state index is 12.5. The maximum atomic E-state index is 12.5. The van der Waals surface area contributed by atoms with Gasteiger partial charge in [0.1, 0.15) is 0 Å². The van der Waals surface area contributed by atoms with Gasteiger partial charge in [-0.2, -0.15) is 0 Å². The first-order valence-corrected chi connectivity index (χ1v) is 11.9. The Morgan fingerprint density at radius 1 is 1.22 bits per heavy atom. The quantitative estimate of drug-likeness (QED) is 0.394. The third kappa shape index (κ3) is 5.40. The number of benzene rings is 2. The van der Waals surface area contributed by atoms with Crippen molar-refractivity contribution in [3.05, 3.63) is 72.8 Å². The second-order valence-electron chi connectivity index (χ2n) is 8.10. The lowest BCUT2D eigenvalue weighted by Gasteiger charge is -2.18. The van der Waals surface area contributed by atoms with Crippen LogP contribution in [0.25, 0.3) is 11.4 Å². The number of allylic oxidation sites excluding steroid dienone is 1. The molecule has 3 aromatic rings. The van der Waals surface area contributed by atoms with Crippen molar-refractivity contribution in [1.29, 1.82) is 0 Å². The van der Waals surface area contributed by atoms with Crippen molar-refractivity contribution in [3.8, 4) is 11.4 Å². The van der Waals surface area contributed by atoms with E-state index in [0.29, 0.717) is 24.8 Å². The fraction of sp³-hybridized carbons (Fsp3) is 0.320. The second-order valence-corrected chi connectivity index (χ2v) is 9.05. The van der Waals surface area contributed by atoms with Crippen LogP contribution in [0.4, 0.5) is 5.69 Å². The van der Waals surface area contributed by atoms with Crippen molar-refractivity contribution in [2.75, 3.05) is 30.3 Å². The third-order valence-electron chi connectivity index (χ3n) is 5.63. The molecule has 0 bridgehead atoms. The molecule has 0 spiro atoms. The zero-order chi connectivity index (χ0) is 22.3. The predicted molar refractivity (Wildman–Crippen MR) is 131 cm³/mol. The fourth-order valence-electron chi connectivity index (χ4n) is 4.00. The monoisotopic (exact) mass is 447 g/mol. The highest BCUT2D eigenvalue weighted by Gasteiger charge is 2.23. The van der Waals surface area contributed by atoms with Crippen molar-refractivity contribution in [1.82, 2.24) is 20.1 Å². The maximum Gasteiger partial charge on any atom is 0.230 e. The minimum Gasteiger partial charge on any atom is -0.371 e. The number of nitrogens with one attached hydrogen (secondary N) is 1. The molecule has 1 amide bonds. The van der Waals surface area contributed by atoms with E-state index >= 15 is 0 Å². The Kier molecular flexibility index (Phi) is 7.27. The number of carbonyl (C=O) groups excluding carboxylic acids is 1. The average Bonchev–Trinajstić information content (AvgIpc) is 3.44. The summed E-state index contributed by atoms with van der Waals surface area (Å²) in [5.74, 6) is 1.61. The molecule has 1 aliphatic heterocycles. The van der Waals surface area contributed by atoms with Crippen LogP contribution >= 0.6 is 11.8 Å². The lowest BCUT2D eigenvalue weighted by molar-refractivity contribution is -0.118. The van der Waals surface area contributed by atoms with E-state index in [1.54, 1.807) is 0 Å². The number of anilines is 1. The predicted octanol–water partition coefficient (Wildman–Crippen LogP) is 4.17. The van der Waals surface area contributed by atoms with Gasteiger partial charge in [0, 0.05) is 37.4 Å². The number of hydrogen-bond acceptors (Lipinski definition) is 5. The molecule has 2 aromatic carbocycles. The third-order valence-corrected chi connectivity index (χ3v) is 6.60. The molecule has 1 aliphatic rings. The SMILES string of the molecule is C=CCn1c(SCC(=O)NCC2CCN(c3ccccc3)C2)nnc1-c1cccc(C)c1. The van der Waals surface area contributed by atoms with E-state index in [0.717, 1.165) is 36.1 Å². The van der Waals surface area contributed by atoms with Crippen LogP contribution in [-0.2, 0) is 11.3 Å². The smallest absolute Gasteiger partial charge is 0.230 e. The van der Waals surface area contributed by atoms with Crippen LogP contribution in [0.5, 0.6) is 0 Å². The molecular formula is C25H29N5OS. The van der Waals surface area contributed by atoms with E-state index in [1.165, 1.54) is 23.0 Å². The van der Waals surface area contributed by atoms with Gasteiger partial charge in [-0.05, 0) is 37.5 Å². The first-order chi connectivity index (χ1) is 15.6. The van der Waals surface area contributed by atoms with Crippen molar-refractivity contribution in [2.24, 2.45) is 5.92 Å². The highest BCUT2D eigenvalue weighted by Crippen LogP contribution is 2.25. The number of hydrogen-bond donors (Lipinski definition) is 1. The summed E-state index contributed by atoms with van der Waals surface area (Å²) in [6.07, 6.45) is 2.92. The Morgan fingerprint density at radius 2 is 2.06 bits per heavy atom. The summed E-state index contributed by atoms with van der Waals surface area (Å²) < 4.78 is 2.01. The van der Waals surface area contributed by atoms with Gasteiger partial charge in [-0.25, -0.2) is 0 Å². The van der Waals surface area contributed by atoms with E-state index in [-0.39, 0.29) is 5.91 Å². The molecule has 1 fully saturated rings. The fourth-order valence-corrected chi connectivity index (χ4v) is 4.78. The van der Waals surface area contributed by atoms with E-state index in [2.05, 4.69) is 70.3 Å².